The predicted octanol–water partition coefficient (Wildman–Crippen LogP) is -0.504. The molecule has 1 aliphatic rings. The van der Waals surface area contributed by atoms with Crippen molar-refractivity contribution in [3.63, 3.8) is 0 Å². The molecule has 15 heavy (non-hydrogen) atoms. The molecule has 0 spiro atoms. The van der Waals surface area contributed by atoms with Gasteiger partial charge in [0, 0.05) is 26.1 Å². The predicted molar refractivity (Wildman–Crippen MR) is 57.3 cm³/mol. The third-order valence-electron chi connectivity index (χ3n) is 2.56. The number of amides is 1. The van der Waals surface area contributed by atoms with E-state index in [0.717, 1.165) is 6.29 Å². The summed E-state index contributed by atoms with van der Waals surface area (Å²) < 4.78 is 0. The number of carbonyl (C=O) groups excluding carboxylic acids is 1. The first-order valence-corrected chi connectivity index (χ1v) is 4.50. The van der Waals surface area contributed by atoms with Gasteiger partial charge in [-0.25, -0.2) is 4.79 Å². The number of nitrogens with one attached hydrogen (secondary N) is 2. The summed E-state index contributed by atoms with van der Waals surface area (Å²) in [5.74, 6) is 0. The van der Waals surface area contributed by atoms with Crippen molar-refractivity contribution in [1.29, 1.82) is 0 Å². The minimum absolute atomic E-state index is 0. The molecular formula is C8H16ClN3O3. The topological polar surface area (TPSA) is 81.7 Å². The van der Waals surface area contributed by atoms with Crippen molar-refractivity contribution < 1.29 is 14.7 Å². The number of piperazine rings is 1. The summed E-state index contributed by atoms with van der Waals surface area (Å²) in [6.07, 6.45) is -0.106. The molecule has 7 heteroatoms. The molecule has 3 N–H and O–H groups in total. The Morgan fingerprint density at radius 2 is 2.40 bits per heavy atom. The van der Waals surface area contributed by atoms with Gasteiger partial charge in [-0.2, -0.15) is 0 Å². The summed E-state index contributed by atoms with van der Waals surface area (Å²) in [4.78, 5) is 22.7. The summed E-state index contributed by atoms with van der Waals surface area (Å²) >= 11 is 0. The minimum atomic E-state index is -0.997. The van der Waals surface area contributed by atoms with Crippen LogP contribution in [0.3, 0.4) is 0 Å². The molecule has 0 aromatic rings. The van der Waals surface area contributed by atoms with Crippen molar-refractivity contribution in [3.8, 4) is 0 Å². The number of halogens is 1. The van der Waals surface area contributed by atoms with Gasteiger partial charge in [-0.3, -0.25) is 10.2 Å². The van der Waals surface area contributed by atoms with Crippen LogP contribution in [0, 0.1) is 0 Å². The molecule has 0 aliphatic carbocycles. The highest BCUT2D eigenvalue weighted by molar-refractivity contribution is 5.85. The zero-order valence-electron chi connectivity index (χ0n) is 8.52. The molecule has 6 nitrogen and oxygen atoms in total. The van der Waals surface area contributed by atoms with Gasteiger partial charge in [-0.15, -0.1) is 12.4 Å². The molecule has 1 unspecified atom stereocenters. The smallest absolute Gasteiger partial charge is 0.408 e. The van der Waals surface area contributed by atoms with Crippen molar-refractivity contribution in [2.45, 2.75) is 12.1 Å². The fraction of sp³-hybridized carbons (Fsp3) is 0.750. The molecular weight excluding hydrogens is 222 g/mol. The lowest BCUT2D eigenvalue weighted by atomic mass is 10.0. The summed E-state index contributed by atoms with van der Waals surface area (Å²) in [5, 5.41) is 14.9. The SMILES string of the molecule is CNC1(CC=O)CNCCN1C(=O)O.Cl. The van der Waals surface area contributed by atoms with Crippen LogP contribution in [-0.2, 0) is 4.79 Å². The Morgan fingerprint density at radius 1 is 1.73 bits per heavy atom. The van der Waals surface area contributed by atoms with E-state index in [-0.39, 0.29) is 18.8 Å². The van der Waals surface area contributed by atoms with Gasteiger partial charge in [0.1, 0.15) is 11.9 Å². The Balaban J connectivity index is 0.00000196. The number of likely N-dealkylation sites (N-methyl/N-ethyl adjacent to an activating group) is 1. The van der Waals surface area contributed by atoms with E-state index in [1.54, 1.807) is 7.05 Å². The highest BCUT2D eigenvalue weighted by Crippen LogP contribution is 2.17. The molecule has 0 aromatic heterocycles. The van der Waals surface area contributed by atoms with Crippen molar-refractivity contribution in [2.75, 3.05) is 26.7 Å². The lowest BCUT2D eigenvalue weighted by Crippen LogP contribution is -2.69. The largest absolute Gasteiger partial charge is 0.465 e. The molecule has 0 aromatic carbocycles. The van der Waals surface area contributed by atoms with E-state index in [0.29, 0.717) is 19.6 Å². The standard InChI is InChI=1S/C8H15N3O3.ClH/c1-9-8(2-5-12)6-10-3-4-11(8)7(13)14;/h5,9-10H,2-4,6H2,1H3,(H,13,14);1H. The molecule has 88 valence electrons. The van der Waals surface area contributed by atoms with E-state index in [4.69, 9.17) is 5.11 Å². The van der Waals surface area contributed by atoms with Crippen LogP contribution in [0.5, 0.6) is 0 Å². The Kier molecular flexibility index (Phi) is 5.56. The number of hydrogen-bond acceptors (Lipinski definition) is 4. The molecule has 1 fully saturated rings. The summed E-state index contributed by atoms with van der Waals surface area (Å²) in [6, 6.07) is 0. The monoisotopic (exact) mass is 237 g/mol. The van der Waals surface area contributed by atoms with E-state index in [1.807, 2.05) is 0 Å². The highest BCUT2D eigenvalue weighted by atomic mass is 35.5. The lowest BCUT2D eigenvalue weighted by Gasteiger charge is -2.44. The van der Waals surface area contributed by atoms with Crippen LogP contribution < -0.4 is 10.6 Å². The average molecular weight is 238 g/mol. The number of nitrogens with zero attached hydrogens (tertiary/aromatic N) is 1. The minimum Gasteiger partial charge on any atom is -0.465 e. The average Bonchev–Trinajstić information content (AvgIpc) is 2.18. The van der Waals surface area contributed by atoms with Crippen LogP contribution in [0.25, 0.3) is 0 Å². The zero-order valence-corrected chi connectivity index (χ0v) is 9.34. The highest BCUT2D eigenvalue weighted by Gasteiger charge is 2.40. The normalized spacial score (nSPS) is 25.5. The zero-order chi connectivity index (χ0) is 10.6. The Hall–Kier alpha value is -0.850. The van der Waals surface area contributed by atoms with Crippen LogP contribution in [0.1, 0.15) is 6.42 Å². The second-order valence-corrected chi connectivity index (χ2v) is 3.26. The van der Waals surface area contributed by atoms with Gasteiger partial charge >= 0.3 is 6.09 Å². The third-order valence-corrected chi connectivity index (χ3v) is 2.56. The first kappa shape index (κ1) is 14.2. The van der Waals surface area contributed by atoms with Crippen LogP contribution >= 0.6 is 12.4 Å². The van der Waals surface area contributed by atoms with Crippen molar-refractivity contribution >= 4 is 24.8 Å². The fourth-order valence-electron chi connectivity index (χ4n) is 1.72. The third kappa shape index (κ3) is 2.80. The van der Waals surface area contributed by atoms with Crippen LogP contribution in [0.4, 0.5) is 4.79 Å². The lowest BCUT2D eigenvalue weighted by molar-refractivity contribution is -0.111. The van der Waals surface area contributed by atoms with Crippen molar-refractivity contribution in [2.24, 2.45) is 0 Å². The first-order chi connectivity index (χ1) is 6.66. The number of carboxylic acid groups (broad SMARTS) is 1. The number of hydrogen-bond donors (Lipinski definition) is 3. The molecule has 1 atom stereocenters. The van der Waals surface area contributed by atoms with Crippen LogP contribution in [0.15, 0.2) is 0 Å². The Bertz CT molecular complexity index is 239. The number of aldehydes is 1. The fourth-order valence-corrected chi connectivity index (χ4v) is 1.72. The first-order valence-electron chi connectivity index (χ1n) is 4.50. The van der Waals surface area contributed by atoms with Crippen molar-refractivity contribution in [3.05, 3.63) is 0 Å². The van der Waals surface area contributed by atoms with E-state index in [2.05, 4.69) is 10.6 Å². The maximum absolute atomic E-state index is 10.9. The number of carbonyl (C=O) groups is 2. The van der Waals surface area contributed by atoms with Gasteiger partial charge in [0.05, 0.1) is 0 Å². The Morgan fingerprint density at radius 3 is 2.87 bits per heavy atom. The molecule has 1 rings (SSSR count). The Labute approximate surface area is 94.4 Å². The summed E-state index contributed by atoms with van der Waals surface area (Å²) in [5.41, 5.74) is -0.786. The van der Waals surface area contributed by atoms with Gasteiger partial charge in [-0.05, 0) is 7.05 Å². The molecule has 0 bridgehead atoms. The van der Waals surface area contributed by atoms with E-state index in [9.17, 15) is 9.59 Å². The van der Waals surface area contributed by atoms with Crippen LogP contribution in [0.2, 0.25) is 0 Å². The van der Waals surface area contributed by atoms with Gasteiger partial charge in [0.2, 0.25) is 0 Å². The molecule has 0 radical (unpaired) electrons. The second-order valence-electron chi connectivity index (χ2n) is 3.26. The van der Waals surface area contributed by atoms with E-state index < -0.39 is 11.8 Å². The molecule has 1 aliphatic heterocycles. The van der Waals surface area contributed by atoms with Gasteiger partial charge in [-0.1, -0.05) is 0 Å². The molecule has 1 heterocycles. The van der Waals surface area contributed by atoms with E-state index >= 15 is 0 Å². The molecule has 1 saturated heterocycles. The number of rotatable bonds is 3. The second kappa shape index (κ2) is 5.89. The molecule has 0 saturated carbocycles. The van der Waals surface area contributed by atoms with Gasteiger partial charge in [0.25, 0.3) is 0 Å². The maximum atomic E-state index is 10.9. The summed E-state index contributed by atoms with van der Waals surface area (Å²) in [6.45, 7) is 1.47. The quantitative estimate of drug-likeness (QED) is 0.577. The van der Waals surface area contributed by atoms with Crippen LogP contribution in [-0.4, -0.2) is 54.7 Å². The van der Waals surface area contributed by atoms with Gasteiger partial charge < -0.3 is 15.2 Å². The van der Waals surface area contributed by atoms with Crippen molar-refractivity contribution in [1.82, 2.24) is 15.5 Å². The maximum Gasteiger partial charge on any atom is 0.408 e. The molecule has 1 amide bonds. The van der Waals surface area contributed by atoms with Gasteiger partial charge in [0.15, 0.2) is 0 Å². The van der Waals surface area contributed by atoms with E-state index in [1.165, 1.54) is 4.90 Å². The summed E-state index contributed by atoms with van der Waals surface area (Å²) in [7, 11) is 1.66.